The average molecular weight is 376 g/mol. The number of benzene rings is 2. The Morgan fingerprint density at radius 1 is 0.964 bits per heavy atom. The molecule has 8 heteroatoms. The molecular weight excluding hydrogens is 363 g/mol. The van der Waals surface area contributed by atoms with Crippen molar-refractivity contribution in [2.45, 2.75) is 0 Å². The Balaban J connectivity index is 1.69. The number of urea groups is 1. The zero-order valence-electron chi connectivity index (χ0n) is 14.4. The van der Waals surface area contributed by atoms with Crippen molar-refractivity contribution in [2.75, 3.05) is 4.90 Å². The van der Waals surface area contributed by atoms with E-state index in [2.05, 4.69) is 10.4 Å². The molecule has 0 radical (unpaired) electrons. The number of aromatic nitrogens is 2. The van der Waals surface area contributed by atoms with Gasteiger partial charge in [0.25, 0.3) is 11.8 Å². The van der Waals surface area contributed by atoms with E-state index in [0.29, 0.717) is 5.56 Å². The van der Waals surface area contributed by atoms with Gasteiger partial charge >= 0.3 is 6.03 Å². The Kier molecular flexibility index (Phi) is 4.29. The van der Waals surface area contributed by atoms with E-state index in [0.717, 1.165) is 16.7 Å². The monoisotopic (exact) mass is 376 g/mol. The van der Waals surface area contributed by atoms with Gasteiger partial charge in [0, 0.05) is 11.8 Å². The van der Waals surface area contributed by atoms with Gasteiger partial charge in [-0.25, -0.2) is 18.8 Å². The fourth-order valence-electron chi connectivity index (χ4n) is 2.81. The second-order valence-corrected chi connectivity index (χ2v) is 5.99. The summed E-state index contributed by atoms with van der Waals surface area (Å²) in [6.45, 7) is 0. The van der Waals surface area contributed by atoms with Crippen molar-refractivity contribution in [3.8, 4) is 5.69 Å². The van der Waals surface area contributed by atoms with Gasteiger partial charge in [0.05, 0.1) is 17.6 Å². The molecule has 4 amide bonds. The van der Waals surface area contributed by atoms with Gasteiger partial charge in [-0.3, -0.25) is 14.9 Å². The molecule has 0 atom stereocenters. The zero-order chi connectivity index (χ0) is 19.7. The van der Waals surface area contributed by atoms with Crippen molar-refractivity contribution in [2.24, 2.45) is 0 Å². The highest BCUT2D eigenvalue weighted by Gasteiger charge is 2.37. The van der Waals surface area contributed by atoms with Crippen LogP contribution in [-0.2, 0) is 9.59 Å². The van der Waals surface area contributed by atoms with Crippen LogP contribution in [-0.4, -0.2) is 27.6 Å². The van der Waals surface area contributed by atoms with Crippen LogP contribution in [0, 0.1) is 5.82 Å². The summed E-state index contributed by atoms with van der Waals surface area (Å²) in [6.07, 6.45) is 4.47. The molecule has 1 aliphatic rings. The van der Waals surface area contributed by atoms with Crippen molar-refractivity contribution in [3.63, 3.8) is 0 Å². The van der Waals surface area contributed by atoms with Gasteiger partial charge in [0.2, 0.25) is 0 Å². The average Bonchev–Trinajstić information content (AvgIpc) is 3.14. The Morgan fingerprint density at radius 2 is 1.71 bits per heavy atom. The van der Waals surface area contributed by atoms with E-state index in [4.69, 9.17) is 0 Å². The minimum atomic E-state index is -0.933. The zero-order valence-corrected chi connectivity index (χ0v) is 14.4. The van der Waals surface area contributed by atoms with Crippen LogP contribution >= 0.6 is 0 Å². The fourth-order valence-corrected chi connectivity index (χ4v) is 2.81. The predicted octanol–water partition coefficient (Wildman–Crippen LogP) is 2.68. The van der Waals surface area contributed by atoms with Crippen LogP contribution in [0.4, 0.5) is 14.9 Å². The summed E-state index contributed by atoms with van der Waals surface area (Å²) in [4.78, 5) is 37.8. The summed E-state index contributed by atoms with van der Waals surface area (Å²) < 4.78 is 15.1. The van der Waals surface area contributed by atoms with Crippen LogP contribution in [0.25, 0.3) is 11.8 Å². The number of hydrogen-bond donors (Lipinski definition) is 1. The maximum Gasteiger partial charge on any atom is 0.335 e. The molecule has 1 aromatic heterocycles. The lowest BCUT2D eigenvalue weighted by Crippen LogP contribution is -2.54. The minimum absolute atomic E-state index is 0.0286. The number of barbiturate groups is 1. The lowest BCUT2D eigenvalue weighted by molar-refractivity contribution is -0.122. The molecule has 4 rings (SSSR count). The largest absolute Gasteiger partial charge is 0.335 e. The molecule has 0 aliphatic carbocycles. The molecule has 7 nitrogen and oxygen atoms in total. The van der Waals surface area contributed by atoms with Crippen LogP contribution in [0.3, 0.4) is 0 Å². The van der Waals surface area contributed by atoms with E-state index in [1.165, 1.54) is 30.5 Å². The summed E-state index contributed by atoms with van der Waals surface area (Å²) in [5.41, 5.74) is 1.08. The number of nitrogens with zero attached hydrogens (tertiary/aromatic N) is 3. The summed E-state index contributed by atoms with van der Waals surface area (Å²) in [5, 5.41) is 6.30. The molecule has 1 aliphatic heterocycles. The fraction of sp³-hybridized carbons (Fsp3) is 0. The first kappa shape index (κ1) is 17.3. The maximum atomic E-state index is 13.5. The minimum Gasteiger partial charge on any atom is -0.273 e. The molecule has 138 valence electrons. The summed E-state index contributed by atoms with van der Waals surface area (Å²) >= 11 is 0. The smallest absolute Gasteiger partial charge is 0.273 e. The number of rotatable bonds is 3. The van der Waals surface area contributed by atoms with Crippen LogP contribution < -0.4 is 10.2 Å². The molecule has 0 saturated carbocycles. The number of carbonyl (C=O) groups is 3. The first-order valence-electron chi connectivity index (χ1n) is 8.30. The van der Waals surface area contributed by atoms with Gasteiger partial charge in [-0.2, -0.15) is 5.10 Å². The SMILES string of the molecule is O=C1NC(=O)N(c2cccc(F)c2)C(=O)C1=Cc1cnn(-c2ccccc2)c1. The normalized spacial score (nSPS) is 15.8. The number of carbonyl (C=O) groups excluding carboxylic acids is 3. The Hall–Kier alpha value is -4.07. The Labute approximate surface area is 158 Å². The van der Waals surface area contributed by atoms with E-state index in [1.807, 2.05) is 30.3 Å². The van der Waals surface area contributed by atoms with Crippen molar-refractivity contribution < 1.29 is 18.8 Å². The second kappa shape index (κ2) is 6.92. The number of anilines is 1. The number of imide groups is 2. The van der Waals surface area contributed by atoms with Crippen LogP contribution in [0.5, 0.6) is 0 Å². The second-order valence-electron chi connectivity index (χ2n) is 5.99. The van der Waals surface area contributed by atoms with Gasteiger partial charge in [-0.05, 0) is 36.4 Å². The number of amides is 4. The van der Waals surface area contributed by atoms with E-state index < -0.39 is 23.7 Å². The summed E-state index contributed by atoms with van der Waals surface area (Å²) in [5.74, 6) is -2.27. The lowest BCUT2D eigenvalue weighted by Gasteiger charge is -2.26. The molecule has 28 heavy (non-hydrogen) atoms. The maximum absolute atomic E-state index is 13.5. The van der Waals surface area contributed by atoms with Crippen molar-refractivity contribution in [1.82, 2.24) is 15.1 Å². The Bertz CT molecular complexity index is 1120. The standard InChI is InChI=1S/C20H13FN4O3/c21-14-5-4-8-16(10-14)25-19(27)17(18(26)23-20(25)28)9-13-11-22-24(12-13)15-6-2-1-3-7-15/h1-12H,(H,23,26,28). The van der Waals surface area contributed by atoms with Crippen molar-refractivity contribution in [3.05, 3.63) is 83.9 Å². The number of para-hydroxylation sites is 1. The van der Waals surface area contributed by atoms with E-state index >= 15 is 0 Å². The van der Waals surface area contributed by atoms with Crippen molar-refractivity contribution in [1.29, 1.82) is 0 Å². The first-order chi connectivity index (χ1) is 13.5. The molecule has 0 bridgehead atoms. The quantitative estimate of drug-likeness (QED) is 0.563. The van der Waals surface area contributed by atoms with Crippen LogP contribution in [0.2, 0.25) is 0 Å². The predicted molar refractivity (Wildman–Crippen MR) is 99.0 cm³/mol. The molecule has 2 aromatic carbocycles. The molecule has 1 fully saturated rings. The van der Waals surface area contributed by atoms with Crippen LogP contribution in [0.15, 0.2) is 72.6 Å². The third kappa shape index (κ3) is 3.18. The van der Waals surface area contributed by atoms with Gasteiger partial charge in [-0.1, -0.05) is 24.3 Å². The Morgan fingerprint density at radius 3 is 2.46 bits per heavy atom. The lowest BCUT2D eigenvalue weighted by atomic mass is 10.1. The number of nitrogens with one attached hydrogen (secondary N) is 1. The topological polar surface area (TPSA) is 84.3 Å². The van der Waals surface area contributed by atoms with Gasteiger partial charge in [-0.15, -0.1) is 0 Å². The van der Waals surface area contributed by atoms with Crippen LogP contribution in [0.1, 0.15) is 5.56 Å². The third-order valence-corrected chi connectivity index (χ3v) is 4.10. The number of halogens is 1. The summed E-state index contributed by atoms with van der Waals surface area (Å²) in [7, 11) is 0. The summed E-state index contributed by atoms with van der Waals surface area (Å²) in [6, 6.07) is 13.4. The highest BCUT2D eigenvalue weighted by Crippen LogP contribution is 2.22. The van der Waals surface area contributed by atoms with E-state index in [-0.39, 0.29) is 11.3 Å². The molecule has 2 heterocycles. The van der Waals surface area contributed by atoms with Gasteiger partial charge in [0.1, 0.15) is 11.4 Å². The van der Waals surface area contributed by atoms with E-state index in [1.54, 1.807) is 10.9 Å². The third-order valence-electron chi connectivity index (χ3n) is 4.10. The van der Waals surface area contributed by atoms with Gasteiger partial charge in [0.15, 0.2) is 0 Å². The van der Waals surface area contributed by atoms with Crippen molar-refractivity contribution >= 4 is 29.6 Å². The number of hydrogen-bond acceptors (Lipinski definition) is 4. The highest BCUT2D eigenvalue weighted by molar-refractivity contribution is 6.39. The molecule has 1 N–H and O–H groups in total. The molecule has 0 unspecified atom stereocenters. The highest BCUT2D eigenvalue weighted by atomic mass is 19.1. The van der Waals surface area contributed by atoms with E-state index in [9.17, 15) is 18.8 Å². The molecular formula is C20H13FN4O3. The molecule has 1 saturated heterocycles. The first-order valence-corrected chi connectivity index (χ1v) is 8.30. The molecule has 0 spiro atoms. The van der Waals surface area contributed by atoms with Gasteiger partial charge < -0.3 is 0 Å². The molecule has 3 aromatic rings.